The minimum atomic E-state index is -0.725. The molecule has 1 aromatic carbocycles. The first-order valence-electron chi connectivity index (χ1n) is 8.55. The van der Waals surface area contributed by atoms with Gasteiger partial charge < -0.3 is 15.1 Å². The Kier molecular flexibility index (Phi) is 5.03. The summed E-state index contributed by atoms with van der Waals surface area (Å²) >= 11 is 0. The van der Waals surface area contributed by atoms with Crippen molar-refractivity contribution in [3.05, 3.63) is 29.3 Å². The molecule has 0 aromatic heterocycles. The van der Waals surface area contributed by atoms with E-state index in [4.69, 9.17) is 0 Å². The summed E-state index contributed by atoms with van der Waals surface area (Å²) in [6.07, 6.45) is 1.12. The SMILES string of the molecule is CN1CC(Nc2cccc(C(=O)N(C)C3CCC(=O)NC3=O)c2C=O)C1. The third kappa shape index (κ3) is 3.45. The number of likely N-dealkylation sites (N-methyl/N-ethyl adjacent to an activating group) is 2. The summed E-state index contributed by atoms with van der Waals surface area (Å²) in [5.41, 5.74) is 1.14. The molecule has 8 heteroatoms. The molecule has 3 amide bonds. The van der Waals surface area contributed by atoms with Gasteiger partial charge in [-0.1, -0.05) is 6.07 Å². The molecule has 0 aliphatic carbocycles. The number of amides is 3. The van der Waals surface area contributed by atoms with Gasteiger partial charge in [0, 0.05) is 32.2 Å². The van der Waals surface area contributed by atoms with E-state index in [0.717, 1.165) is 13.1 Å². The van der Waals surface area contributed by atoms with Crippen LogP contribution in [-0.2, 0) is 9.59 Å². The third-order valence-electron chi connectivity index (χ3n) is 4.88. The van der Waals surface area contributed by atoms with Crippen molar-refractivity contribution in [3.8, 4) is 0 Å². The van der Waals surface area contributed by atoms with Crippen molar-refractivity contribution in [1.82, 2.24) is 15.1 Å². The lowest BCUT2D eigenvalue weighted by molar-refractivity contribution is -0.136. The summed E-state index contributed by atoms with van der Waals surface area (Å²) in [7, 11) is 3.52. The summed E-state index contributed by atoms with van der Waals surface area (Å²) < 4.78 is 0. The van der Waals surface area contributed by atoms with E-state index in [1.807, 2.05) is 7.05 Å². The zero-order chi connectivity index (χ0) is 18.8. The number of hydrogen-bond donors (Lipinski definition) is 2. The normalized spacial score (nSPS) is 20.9. The molecule has 3 rings (SSSR count). The van der Waals surface area contributed by atoms with Crippen LogP contribution in [0, 0.1) is 0 Å². The van der Waals surface area contributed by atoms with E-state index in [9.17, 15) is 19.2 Å². The quantitative estimate of drug-likeness (QED) is 0.572. The van der Waals surface area contributed by atoms with Crippen molar-refractivity contribution in [2.24, 2.45) is 0 Å². The summed E-state index contributed by atoms with van der Waals surface area (Å²) in [6.45, 7) is 1.74. The highest BCUT2D eigenvalue weighted by atomic mass is 16.2. The average Bonchev–Trinajstić information content (AvgIpc) is 2.59. The number of anilines is 1. The molecule has 2 aliphatic heterocycles. The topological polar surface area (TPSA) is 98.8 Å². The van der Waals surface area contributed by atoms with Crippen molar-refractivity contribution < 1.29 is 19.2 Å². The molecular formula is C18H22N4O4. The number of carbonyl (C=O) groups is 4. The molecule has 138 valence electrons. The molecule has 1 atom stereocenters. The summed E-state index contributed by atoms with van der Waals surface area (Å²) in [5.74, 6) is -1.25. The van der Waals surface area contributed by atoms with Crippen LogP contribution in [0.25, 0.3) is 0 Å². The van der Waals surface area contributed by atoms with E-state index in [2.05, 4.69) is 15.5 Å². The fourth-order valence-corrected chi connectivity index (χ4v) is 3.40. The van der Waals surface area contributed by atoms with Gasteiger partial charge in [-0.05, 0) is 25.6 Å². The van der Waals surface area contributed by atoms with Gasteiger partial charge in [-0.2, -0.15) is 0 Å². The van der Waals surface area contributed by atoms with Gasteiger partial charge in [0.1, 0.15) is 6.04 Å². The first-order valence-corrected chi connectivity index (χ1v) is 8.55. The molecule has 2 heterocycles. The van der Waals surface area contributed by atoms with Gasteiger partial charge in [0.2, 0.25) is 11.8 Å². The molecule has 1 unspecified atom stereocenters. The molecule has 0 spiro atoms. The molecule has 2 fully saturated rings. The van der Waals surface area contributed by atoms with E-state index in [1.54, 1.807) is 18.2 Å². The second-order valence-corrected chi connectivity index (χ2v) is 6.83. The van der Waals surface area contributed by atoms with E-state index < -0.39 is 17.9 Å². The largest absolute Gasteiger partial charge is 0.379 e. The zero-order valence-electron chi connectivity index (χ0n) is 14.8. The minimum Gasteiger partial charge on any atom is -0.379 e. The van der Waals surface area contributed by atoms with Crippen molar-refractivity contribution in [3.63, 3.8) is 0 Å². The fourth-order valence-electron chi connectivity index (χ4n) is 3.40. The minimum absolute atomic E-state index is 0.186. The Balaban J connectivity index is 1.81. The lowest BCUT2D eigenvalue weighted by Crippen LogP contribution is -2.53. The average molecular weight is 358 g/mol. The van der Waals surface area contributed by atoms with E-state index in [0.29, 0.717) is 12.0 Å². The van der Waals surface area contributed by atoms with Crippen LogP contribution in [0.1, 0.15) is 33.6 Å². The molecule has 8 nitrogen and oxygen atoms in total. The molecular weight excluding hydrogens is 336 g/mol. The van der Waals surface area contributed by atoms with Gasteiger partial charge in [0.05, 0.1) is 17.2 Å². The van der Waals surface area contributed by atoms with Crippen LogP contribution in [0.15, 0.2) is 18.2 Å². The van der Waals surface area contributed by atoms with Crippen LogP contribution in [-0.4, -0.2) is 73.1 Å². The molecule has 2 saturated heterocycles. The smallest absolute Gasteiger partial charge is 0.255 e. The molecule has 0 bridgehead atoms. The van der Waals surface area contributed by atoms with Gasteiger partial charge >= 0.3 is 0 Å². The standard InChI is InChI=1S/C18H22N4O4/c1-21-8-11(9-21)19-14-5-3-4-12(13(14)10-23)18(26)22(2)15-6-7-16(24)20-17(15)25/h3-5,10-11,15,19H,6-9H2,1-2H3,(H,20,24,25). The van der Waals surface area contributed by atoms with E-state index in [1.165, 1.54) is 11.9 Å². The summed E-state index contributed by atoms with van der Waals surface area (Å²) in [6, 6.07) is 4.56. The van der Waals surface area contributed by atoms with Crippen LogP contribution in [0.4, 0.5) is 5.69 Å². The molecule has 0 saturated carbocycles. The van der Waals surface area contributed by atoms with Gasteiger partial charge in [-0.25, -0.2) is 0 Å². The Bertz CT molecular complexity index is 758. The van der Waals surface area contributed by atoms with E-state index >= 15 is 0 Å². The lowest BCUT2D eigenvalue weighted by Gasteiger charge is -2.37. The van der Waals surface area contributed by atoms with Gasteiger partial charge in [0.25, 0.3) is 5.91 Å². The Hall–Kier alpha value is -2.74. The number of benzene rings is 1. The molecule has 1 aromatic rings. The summed E-state index contributed by atoms with van der Waals surface area (Å²) in [4.78, 5) is 51.3. The zero-order valence-corrected chi connectivity index (χ0v) is 14.8. The number of piperidine rings is 1. The number of likely N-dealkylation sites (tertiary alicyclic amines) is 1. The predicted molar refractivity (Wildman–Crippen MR) is 95.0 cm³/mol. The van der Waals surface area contributed by atoms with Crippen molar-refractivity contribution in [1.29, 1.82) is 0 Å². The first-order chi connectivity index (χ1) is 12.4. The molecule has 2 N–H and O–H groups in total. The highest BCUT2D eigenvalue weighted by molar-refractivity contribution is 6.07. The van der Waals surface area contributed by atoms with E-state index in [-0.39, 0.29) is 35.9 Å². The number of carbonyl (C=O) groups excluding carboxylic acids is 4. The molecule has 0 radical (unpaired) electrons. The third-order valence-corrected chi connectivity index (χ3v) is 4.88. The lowest BCUT2D eigenvalue weighted by atomic mass is 10.0. The number of hydrogen-bond acceptors (Lipinski definition) is 6. The maximum absolute atomic E-state index is 12.9. The van der Waals surface area contributed by atoms with Crippen molar-refractivity contribution in [2.75, 3.05) is 32.5 Å². The molecule has 26 heavy (non-hydrogen) atoms. The number of aldehydes is 1. The fraction of sp³-hybridized carbons (Fsp3) is 0.444. The predicted octanol–water partition coefficient (Wildman–Crippen LogP) is 0.102. The Labute approximate surface area is 151 Å². The monoisotopic (exact) mass is 358 g/mol. The Morgan fingerprint density at radius 1 is 1.35 bits per heavy atom. The maximum atomic E-state index is 12.9. The highest BCUT2D eigenvalue weighted by Crippen LogP contribution is 2.23. The van der Waals surface area contributed by atoms with Gasteiger partial charge in [-0.15, -0.1) is 0 Å². The van der Waals surface area contributed by atoms with Crippen LogP contribution >= 0.6 is 0 Å². The van der Waals surface area contributed by atoms with Crippen LogP contribution in [0.2, 0.25) is 0 Å². The first kappa shape index (κ1) is 18.1. The highest BCUT2D eigenvalue weighted by Gasteiger charge is 2.33. The number of rotatable bonds is 5. The maximum Gasteiger partial charge on any atom is 0.255 e. The van der Waals surface area contributed by atoms with Crippen molar-refractivity contribution in [2.45, 2.75) is 24.9 Å². The van der Waals surface area contributed by atoms with Gasteiger partial charge in [-0.3, -0.25) is 24.5 Å². The second-order valence-electron chi connectivity index (χ2n) is 6.83. The number of nitrogens with one attached hydrogen (secondary N) is 2. The second kappa shape index (κ2) is 7.25. The Morgan fingerprint density at radius 3 is 2.69 bits per heavy atom. The van der Waals surface area contributed by atoms with Gasteiger partial charge in [0.15, 0.2) is 6.29 Å². The number of nitrogens with zero attached hydrogens (tertiary/aromatic N) is 2. The van der Waals surface area contributed by atoms with Crippen LogP contribution in [0.3, 0.4) is 0 Å². The van der Waals surface area contributed by atoms with Crippen molar-refractivity contribution >= 4 is 29.7 Å². The number of imide groups is 1. The summed E-state index contributed by atoms with van der Waals surface area (Å²) in [5, 5.41) is 5.53. The molecule has 2 aliphatic rings. The Morgan fingerprint density at radius 2 is 2.08 bits per heavy atom. The van der Waals surface area contributed by atoms with Crippen LogP contribution in [0.5, 0.6) is 0 Å². The van der Waals surface area contributed by atoms with Crippen LogP contribution < -0.4 is 10.6 Å².